The SMILES string of the molecule is C=CC(=O)N1CC[C@H](C(=O)N(C)[C@H](C(=O)N[C@H]2Cc3cccc(c3)-c3ccc4c(c3)c(c(/C(C=C)=C(/N=CC)[C@H](C)OC)n4CC#N)CC(C)(C)COC(=O)[C@@]3(O)CCCN(N3)C2=O)C(C)C)C1. The minimum Gasteiger partial charge on any atom is -0.462 e. The lowest BCUT2D eigenvalue weighted by Gasteiger charge is -2.40. The first-order valence-electron chi connectivity index (χ1n) is 23.3. The number of fused-ring (bicyclic) bond motifs is 6. The number of hydrogen-bond acceptors (Lipinski definition) is 11. The Morgan fingerprint density at radius 3 is 2.51 bits per heavy atom. The van der Waals surface area contributed by atoms with Crippen LogP contribution in [0.15, 0.2) is 78.5 Å². The number of methoxy groups -OCH3 is 1. The summed E-state index contributed by atoms with van der Waals surface area (Å²) < 4.78 is 13.7. The largest absolute Gasteiger partial charge is 0.462 e. The molecule has 3 aromatic rings. The van der Waals surface area contributed by atoms with Crippen molar-refractivity contribution in [3.63, 3.8) is 0 Å². The van der Waals surface area contributed by atoms with Gasteiger partial charge in [-0.25, -0.2) is 4.79 Å². The minimum absolute atomic E-state index is 0.00574. The summed E-state index contributed by atoms with van der Waals surface area (Å²) in [4.78, 5) is 77.2. The molecule has 3 N–H and O–H groups in total. The third-order valence-corrected chi connectivity index (χ3v) is 13.2. The van der Waals surface area contributed by atoms with Gasteiger partial charge in [0, 0.05) is 74.7 Å². The van der Waals surface area contributed by atoms with E-state index in [-0.39, 0.29) is 63.2 Å². The van der Waals surface area contributed by atoms with Gasteiger partial charge in [0.2, 0.25) is 23.4 Å². The standard InChI is InChI=1S/C52H66N8O8/c1-11-38(44(54-13-3)33(6)67-10)46-40-29-51(7,8)31-68-50(65)52(66)21-15-23-60(56-52)49(64)41(27-34-16-14-17-35(26-34)36-18-19-42(39(40)28-36)59(46)25-22-53)55-47(62)45(32(4)5)57(9)48(63)37-20-24-58(30-37)43(61)12-2/h11-14,16-19,26,28,32-33,37,41,45,56,66H,1-2,15,20-21,23-25,27,29-31H2,3-10H3,(H,55,62)/b44-38+,54-13?/t33-,37-,41-,45-,52-/m0/s1. The third-order valence-electron chi connectivity index (χ3n) is 13.2. The zero-order valence-corrected chi connectivity index (χ0v) is 40.6. The van der Waals surface area contributed by atoms with Crippen molar-refractivity contribution in [3.05, 3.63) is 90.3 Å². The first-order chi connectivity index (χ1) is 32.3. The Balaban J connectivity index is 1.48. The quantitative estimate of drug-likeness (QED) is 0.0923. The fraction of sp³-hybridized carbons (Fsp3) is 0.481. The van der Waals surface area contributed by atoms with E-state index >= 15 is 0 Å². The molecule has 362 valence electrons. The topological polar surface area (TPSA) is 199 Å². The number of cyclic esters (lactones) is 1. The summed E-state index contributed by atoms with van der Waals surface area (Å²) in [5.41, 5.74) is 5.80. The number of carbonyl (C=O) groups is 5. The van der Waals surface area contributed by atoms with E-state index in [0.29, 0.717) is 36.2 Å². The molecule has 0 spiro atoms. The highest BCUT2D eigenvalue weighted by atomic mass is 16.6. The van der Waals surface area contributed by atoms with Crippen LogP contribution < -0.4 is 10.7 Å². The van der Waals surface area contributed by atoms with Crippen molar-refractivity contribution in [2.45, 2.75) is 104 Å². The molecular formula is C52H66N8O8. The molecule has 3 aliphatic heterocycles. The van der Waals surface area contributed by atoms with Crippen LogP contribution in [0.3, 0.4) is 0 Å². The molecule has 16 nitrogen and oxygen atoms in total. The van der Waals surface area contributed by atoms with E-state index < -0.39 is 53.0 Å². The summed E-state index contributed by atoms with van der Waals surface area (Å²) in [5.74, 6) is -3.57. The molecule has 6 bridgehead atoms. The molecule has 1 aromatic heterocycles. The second-order valence-electron chi connectivity index (χ2n) is 19.1. The maximum absolute atomic E-state index is 14.7. The summed E-state index contributed by atoms with van der Waals surface area (Å²) in [5, 5.41) is 27.1. The number of hydrogen-bond donors (Lipinski definition) is 3. The third kappa shape index (κ3) is 10.7. The molecule has 2 saturated heterocycles. The normalized spacial score (nSPS) is 22.2. The Morgan fingerprint density at radius 2 is 1.85 bits per heavy atom. The molecule has 2 aromatic carbocycles. The lowest BCUT2D eigenvalue weighted by atomic mass is 9.84. The van der Waals surface area contributed by atoms with Crippen LogP contribution in [0, 0.1) is 28.6 Å². The number of nitrogens with one attached hydrogen (secondary N) is 2. The minimum atomic E-state index is -2.27. The van der Waals surface area contributed by atoms with E-state index in [1.165, 1.54) is 16.0 Å². The molecule has 5 atom stereocenters. The molecule has 0 unspecified atom stereocenters. The first kappa shape index (κ1) is 51.0. The number of aromatic nitrogens is 1. The molecular weight excluding hydrogens is 865 g/mol. The predicted molar refractivity (Wildman–Crippen MR) is 260 cm³/mol. The van der Waals surface area contributed by atoms with E-state index in [1.54, 1.807) is 31.3 Å². The summed E-state index contributed by atoms with van der Waals surface area (Å²) in [6.45, 7) is 19.6. The Hall–Kier alpha value is -6.41. The van der Waals surface area contributed by atoms with Gasteiger partial charge in [-0.15, -0.1) is 0 Å². The highest BCUT2D eigenvalue weighted by Crippen LogP contribution is 2.40. The molecule has 2 fully saturated rings. The van der Waals surface area contributed by atoms with Gasteiger partial charge in [0.1, 0.15) is 18.6 Å². The molecule has 3 aliphatic rings. The summed E-state index contributed by atoms with van der Waals surface area (Å²) in [6.07, 6.45) is 5.20. The molecule has 0 aliphatic carbocycles. The average molecular weight is 931 g/mol. The second kappa shape index (κ2) is 21.3. The van der Waals surface area contributed by atoms with Crippen LogP contribution in [0.1, 0.15) is 77.6 Å². The molecule has 16 heteroatoms. The molecule has 0 saturated carbocycles. The van der Waals surface area contributed by atoms with Gasteiger partial charge in [0.15, 0.2) is 0 Å². The number of amides is 4. The zero-order chi connectivity index (χ0) is 49.7. The van der Waals surface area contributed by atoms with Gasteiger partial charge >= 0.3 is 5.97 Å². The lowest BCUT2D eigenvalue weighted by molar-refractivity contribution is -0.189. The number of likely N-dealkylation sites (N-methyl/N-ethyl adjacent to an activating group) is 1. The monoisotopic (exact) mass is 931 g/mol. The maximum atomic E-state index is 14.7. The van der Waals surface area contributed by atoms with Crippen molar-refractivity contribution in [1.29, 1.82) is 5.26 Å². The number of likely N-dealkylation sites (tertiary alicyclic amines) is 1. The predicted octanol–water partition coefficient (Wildman–Crippen LogP) is 5.34. The van der Waals surface area contributed by atoms with Gasteiger partial charge in [-0.2, -0.15) is 10.7 Å². The number of carbonyl (C=O) groups excluding carboxylic acids is 5. The average Bonchev–Trinajstić information content (AvgIpc) is 3.92. The van der Waals surface area contributed by atoms with Crippen LogP contribution in [0.4, 0.5) is 0 Å². The fourth-order valence-corrected chi connectivity index (χ4v) is 9.74. The number of allylic oxidation sites excluding steroid dienone is 2. The molecule has 0 radical (unpaired) electrons. The van der Waals surface area contributed by atoms with Gasteiger partial charge in [0.05, 0.1) is 36.1 Å². The zero-order valence-electron chi connectivity index (χ0n) is 40.6. The van der Waals surface area contributed by atoms with Gasteiger partial charge in [-0.3, -0.25) is 29.2 Å². The number of nitriles is 1. The van der Waals surface area contributed by atoms with Crippen molar-refractivity contribution >= 4 is 52.3 Å². The lowest BCUT2D eigenvalue weighted by Crippen LogP contribution is -2.67. The van der Waals surface area contributed by atoms with Gasteiger partial charge in [0.25, 0.3) is 5.91 Å². The molecule has 4 heterocycles. The number of hydrazine groups is 1. The van der Waals surface area contributed by atoms with Crippen LogP contribution in [0.2, 0.25) is 0 Å². The number of nitrogens with zero attached hydrogens (tertiary/aromatic N) is 6. The number of benzene rings is 2. The fourth-order valence-electron chi connectivity index (χ4n) is 9.74. The van der Waals surface area contributed by atoms with Crippen molar-refractivity contribution in [3.8, 4) is 17.2 Å². The Kier molecular flexibility index (Phi) is 15.9. The molecule has 68 heavy (non-hydrogen) atoms. The first-order valence-corrected chi connectivity index (χ1v) is 23.3. The van der Waals surface area contributed by atoms with E-state index in [4.69, 9.17) is 14.5 Å². The highest BCUT2D eigenvalue weighted by Gasteiger charge is 2.46. The van der Waals surface area contributed by atoms with Crippen molar-refractivity contribution < 1.29 is 38.6 Å². The van der Waals surface area contributed by atoms with Crippen LogP contribution in [-0.2, 0) is 52.8 Å². The van der Waals surface area contributed by atoms with E-state index in [1.807, 2.05) is 82.5 Å². The van der Waals surface area contributed by atoms with Crippen LogP contribution >= 0.6 is 0 Å². The molecule has 4 amide bonds. The van der Waals surface area contributed by atoms with Gasteiger partial charge < -0.3 is 34.3 Å². The van der Waals surface area contributed by atoms with Crippen LogP contribution in [-0.4, -0.2) is 125 Å². The number of ether oxygens (including phenoxy) is 2. The highest BCUT2D eigenvalue weighted by molar-refractivity contribution is 5.96. The Morgan fingerprint density at radius 1 is 1.12 bits per heavy atom. The summed E-state index contributed by atoms with van der Waals surface area (Å²) in [7, 11) is 3.16. The van der Waals surface area contributed by atoms with Crippen molar-refractivity contribution in [2.24, 2.45) is 22.2 Å². The smallest absolute Gasteiger partial charge is 0.355 e. The van der Waals surface area contributed by atoms with E-state index in [2.05, 4.69) is 36.0 Å². The van der Waals surface area contributed by atoms with Gasteiger partial charge in [-0.1, -0.05) is 77.3 Å². The number of esters is 1. The van der Waals surface area contributed by atoms with Crippen LogP contribution in [0.5, 0.6) is 0 Å². The van der Waals surface area contributed by atoms with E-state index in [9.17, 15) is 34.3 Å². The number of rotatable bonds is 12. The van der Waals surface area contributed by atoms with Gasteiger partial charge in [-0.05, 0) is 79.5 Å². The second-order valence-corrected chi connectivity index (χ2v) is 19.1. The summed E-state index contributed by atoms with van der Waals surface area (Å²) in [6, 6.07) is 13.8. The van der Waals surface area contributed by atoms with Crippen molar-refractivity contribution in [1.82, 2.24) is 30.1 Å². The number of aliphatic hydroxyl groups is 1. The maximum Gasteiger partial charge on any atom is 0.355 e. The Labute approximate surface area is 399 Å². The van der Waals surface area contributed by atoms with Crippen LogP contribution in [0.25, 0.3) is 27.6 Å². The molecule has 6 rings (SSSR count). The van der Waals surface area contributed by atoms with Crippen molar-refractivity contribution in [2.75, 3.05) is 40.4 Å². The number of aliphatic imine (C=N–C) groups is 1. The summed E-state index contributed by atoms with van der Waals surface area (Å²) >= 11 is 0. The van der Waals surface area contributed by atoms with E-state index in [0.717, 1.165) is 33.3 Å². The Bertz CT molecular complexity index is 2570.